The van der Waals surface area contributed by atoms with Gasteiger partial charge in [-0.2, -0.15) is 0 Å². The number of halogens is 1. The summed E-state index contributed by atoms with van der Waals surface area (Å²) in [5.74, 6) is 5.80. The van der Waals surface area contributed by atoms with Gasteiger partial charge in [0.1, 0.15) is 24.1 Å². The Labute approximate surface area is 125 Å². The van der Waals surface area contributed by atoms with Gasteiger partial charge < -0.3 is 16.6 Å². The van der Waals surface area contributed by atoms with E-state index >= 15 is 0 Å². The molecule has 0 saturated carbocycles. The molecule has 0 saturated heterocycles. The van der Waals surface area contributed by atoms with Gasteiger partial charge >= 0.3 is 0 Å². The lowest BCUT2D eigenvalue weighted by molar-refractivity contribution is 0.350. The van der Waals surface area contributed by atoms with Crippen molar-refractivity contribution in [3.8, 4) is 11.8 Å². The Balaban J connectivity index is 2.14. The third-order valence-electron chi connectivity index (χ3n) is 2.38. The molecule has 0 fully saturated rings. The number of aliphatic hydroxyl groups is 1. The molecule has 108 valence electrons. The molecular weight excluding hydrogens is 291 g/mol. The monoisotopic (exact) mass is 304 g/mol. The molecular formula is C14H13FN4OS. The Morgan fingerprint density at radius 3 is 2.52 bits per heavy atom. The molecule has 1 heterocycles. The smallest absolute Gasteiger partial charge is 0.191 e. The second-order valence-corrected chi connectivity index (χ2v) is 5.04. The van der Waals surface area contributed by atoms with E-state index in [2.05, 4.69) is 21.8 Å². The zero-order chi connectivity index (χ0) is 15.2. The van der Waals surface area contributed by atoms with Crippen LogP contribution in [0.4, 0.5) is 16.0 Å². The van der Waals surface area contributed by atoms with E-state index in [-0.39, 0.29) is 12.4 Å². The highest BCUT2D eigenvalue weighted by Gasteiger charge is 2.04. The second kappa shape index (κ2) is 6.92. The van der Waals surface area contributed by atoms with E-state index < -0.39 is 0 Å². The maximum absolute atomic E-state index is 13.5. The number of aliphatic hydroxyl groups excluding tert-OH is 1. The maximum Gasteiger partial charge on any atom is 0.191 e. The summed E-state index contributed by atoms with van der Waals surface area (Å²) in [5, 5.41) is 9.09. The van der Waals surface area contributed by atoms with Gasteiger partial charge in [0.05, 0.1) is 0 Å². The van der Waals surface area contributed by atoms with Crippen molar-refractivity contribution in [2.24, 2.45) is 0 Å². The van der Waals surface area contributed by atoms with Crippen LogP contribution in [0, 0.1) is 17.7 Å². The van der Waals surface area contributed by atoms with E-state index in [0.29, 0.717) is 28.1 Å². The van der Waals surface area contributed by atoms with Crippen LogP contribution in [-0.2, 0) is 5.75 Å². The average Bonchev–Trinajstić information content (AvgIpc) is 2.41. The molecule has 0 aliphatic carbocycles. The summed E-state index contributed by atoms with van der Waals surface area (Å²) in [4.78, 5) is 8.08. The van der Waals surface area contributed by atoms with E-state index in [1.165, 1.54) is 30.0 Å². The lowest BCUT2D eigenvalue weighted by Crippen LogP contribution is -1.99. The third kappa shape index (κ3) is 4.63. The van der Waals surface area contributed by atoms with Gasteiger partial charge in [0, 0.05) is 17.4 Å². The normalized spacial score (nSPS) is 10.0. The van der Waals surface area contributed by atoms with Gasteiger partial charge in [-0.15, -0.1) is 0 Å². The zero-order valence-electron chi connectivity index (χ0n) is 11.0. The first-order valence-electron chi connectivity index (χ1n) is 5.99. The van der Waals surface area contributed by atoms with Gasteiger partial charge in [0.15, 0.2) is 5.16 Å². The van der Waals surface area contributed by atoms with E-state index in [1.54, 1.807) is 6.07 Å². The van der Waals surface area contributed by atoms with Gasteiger partial charge in [0.25, 0.3) is 0 Å². The first-order chi connectivity index (χ1) is 10.1. The highest BCUT2D eigenvalue weighted by atomic mass is 32.2. The van der Waals surface area contributed by atoms with Crippen LogP contribution in [0.2, 0.25) is 0 Å². The van der Waals surface area contributed by atoms with Gasteiger partial charge in [0.2, 0.25) is 0 Å². The Hall–Kier alpha value is -2.30. The molecule has 0 amide bonds. The fourth-order valence-corrected chi connectivity index (χ4v) is 2.42. The number of anilines is 2. The number of rotatable bonds is 3. The predicted octanol–water partition coefficient (Wildman–Crippen LogP) is 1.42. The number of hydrogen-bond donors (Lipinski definition) is 3. The molecule has 1 aromatic carbocycles. The van der Waals surface area contributed by atoms with Crippen LogP contribution in [0.15, 0.2) is 29.4 Å². The molecule has 0 bridgehead atoms. The van der Waals surface area contributed by atoms with Crippen molar-refractivity contribution in [2.45, 2.75) is 10.9 Å². The molecule has 5 nitrogen and oxygen atoms in total. The summed E-state index contributed by atoms with van der Waals surface area (Å²) in [6.45, 7) is -0.267. The van der Waals surface area contributed by atoms with Gasteiger partial charge in [-0.25, -0.2) is 14.4 Å². The van der Waals surface area contributed by atoms with Crippen molar-refractivity contribution >= 4 is 23.4 Å². The minimum atomic E-state index is -0.386. The van der Waals surface area contributed by atoms with Gasteiger partial charge in [-0.3, -0.25) is 0 Å². The van der Waals surface area contributed by atoms with Gasteiger partial charge in [-0.05, 0) is 23.8 Å². The van der Waals surface area contributed by atoms with Crippen molar-refractivity contribution in [3.05, 3.63) is 41.2 Å². The van der Waals surface area contributed by atoms with Crippen LogP contribution in [0.5, 0.6) is 0 Å². The Kier molecular flexibility index (Phi) is 4.98. The number of nitrogen functional groups attached to an aromatic ring is 2. The number of nitrogens with zero attached hydrogens (tertiary/aromatic N) is 2. The SMILES string of the molecule is Nc1cc(N)nc(SCc2cc(F)cc(C#CCO)c2)n1. The summed E-state index contributed by atoms with van der Waals surface area (Å²) in [6, 6.07) is 5.93. The fourth-order valence-electron chi connectivity index (χ4n) is 1.62. The Bertz CT molecular complexity index is 692. The number of hydrogen-bond acceptors (Lipinski definition) is 6. The van der Waals surface area contributed by atoms with E-state index in [0.717, 1.165) is 5.56 Å². The van der Waals surface area contributed by atoms with Crippen molar-refractivity contribution in [1.29, 1.82) is 0 Å². The largest absolute Gasteiger partial charge is 0.384 e. The van der Waals surface area contributed by atoms with E-state index in [4.69, 9.17) is 16.6 Å². The quantitative estimate of drug-likeness (QED) is 0.451. The summed E-state index contributed by atoms with van der Waals surface area (Å²) in [5.41, 5.74) is 12.4. The van der Waals surface area contributed by atoms with Gasteiger partial charge in [-0.1, -0.05) is 23.6 Å². The lowest BCUT2D eigenvalue weighted by Gasteiger charge is -2.04. The molecule has 0 atom stereocenters. The first-order valence-corrected chi connectivity index (χ1v) is 6.97. The van der Waals surface area contributed by atoms with Crippen LogP contribution in [0.1, 0.15) is 11.1 Å². The highest BCUT2D eigenvalue weighted by molar-refractivity contribution is 7.98. The molecule has 21 heavy (non-hydrogen) atoms. The number of nitrogens with two attached hydrogens (primary N) is 2. The molecule has 2 rings (SSSR count). The maximum atomic E-state index is 13.5. The molecule has 0 aliphatic heterocycles. The van der Waals surface area contributed by atoms with Crippen molar-refractivity contribution in [3.63, 3.8) is 0 Å². The van der Waals surface area contributed by atoms with E-state index in [9.17, 15) is 4.39 Å². The topological polar surface area (TPSA) is 98.1 Å². The third-order valence-corrected chi connectivity index (χ3v) is 3.30. The zero-order valence-corrected chi connectivity index (χ0v) is 11.8. The summed E-state index contributed by atoms with van der Waals surface area (Å²) in [6.07, 6.45) is 0. The molecule has 5 N–H and O–H groups in total. The molecule has 0 unspecified atom stereocenters. The van der Waals surface area contributed by atoms with E-state index in [1.807, 2.05) is 0 Å². The van der Waals surface area contributed by atoms with Crippen molar-refractivity contribution < 1.29 is 9.50 Å². The van der Waals surface area contributed by atoms with Crippen molar-refractivity contribution in [2.75, 3.05) is 18.1 Å². The first kappa shape index (κ1) is 15.1. The summed E-state index contributed by atoms with van der Waals surface area (Å²) in [7, 11) is 0. The van der Waals surface area contributed by atoms with Crippen molar-refractivity contribution in [1.82, 2.24) is 9.97 Å². The molecule has 0 spiro atoms. The predicted molar refractivity (Wildman–Crippen MR) is 80.8 cm³/mol. The van der Waals surface area contributed by atoms with Crippen LogP contribution in [-0.4, -0.2) is 21.7 Å². The Morgan fingerprint density at radius 2 is 1.86 bits per heavy atom. The summed E-state index contributed by atoms with van der Waals surface area (Å²) < 4.78 is 13.5. The van der Waals surface area contributed by atoms with Crippen LogP contribution in [0.3, 0.4) is 0 Å². The standard InChI is InChI=1S/C14H13FN4OS/c15-11-5-9(2-1-3-20)4-10(6-11)8-21-14-18-12(16)7-13(17)19-14/h4-7,20H,3,8H2,(H4,16,17,18,19). The highest BCUT2D eigenvalue weighted by Crippen LogP contribution is 2.22. The minimum absolute atomic E-state index is 0.267. The average molecular weight is 304 g/mol. The van der Waals surface area contributed by atoms with Crippen LogP contribution in [0.25, 0.3) is 0 Å². The molecule has 0 radical (unpaired) electrons. The Morgan fingerprint density at radius 1 is 1.14 bits per heavy atom. The molecule has 0 aliphatic rings. The minimum Gasteiger partial charge on any atom is -0.384 e. The molecule has 7 heteroatoms. The second-order valence-electron chi connectivity index (χ2n) is 4.10. The fraction of sp³-hybridized carbons (Fsp3) is 0.143. The molecule has 1 aromatic heterocycles. The number of aromatic nitrogens is 2. The van der Waals surface area contributed by atoms with Crippen LogP contribution >= 0.6 is 11.8 Å². The number of thioether (sulfide) groups is 1. The van der Waals surface area contributed by atoms with Crippen LogP contribution < -0.4 is 11.5 Å². The number of benzene rings is 1. The summed E-state index contributed by atoms with van der Waals surface area (Å²) >= 11 is 1.30. The molecule has 2 aromatic rings. The lowest BCUT2D eigenvalue weighted by atomic mass is 10.1.